The SMILES string of the molecule is Nc1ccc(-c2cncc(=O)[nH]2)cc1. The van der Waals surface area contributed by atoms with Crippen molar-refractivity contribution >= 4 is 5.69 Å². The summed E-state index contributed by atoms with van der Waals surface area (Å²) in [6, 6.07) is 7.23. The zero-order valence-electron chi connectivity index (χ0n) is 7.40. The molecule has 0 saturated heterocycles. The molecule has 0 aliphatic rings. The van der Waals surface area contributed by atoms with Crippen molar-refractivity contribution < 1.29 is 0 Å². The summed E-state index contributed by atoms with van der Waals surface area (Å²) in [6.45, 7) is 0. The molecule has 1 heterocycles. The first-order valence-electron chi connectivity index (χ1n) is 4.16. The molecule has 14 heavy (non-hydrogen) atoms. The molecule has 0 bridgehead atoms. The molecule has 1 aromatic heterocycles. The molecule has 0 amide bonds. The van der Waals surface area contributed by atoms with Gasteiger partial charge in [0.25, 0.3) is 5.56 Å². The van der Waals surface area contributed by atoms with Gasteiger partial charge in [0, 0.05) is 5.69 Å². The van der Waals surface area contributed by atoms with Crippen molar-refractivity contribution in [1.29, 1.82) is 0 Å². The van der Waals surface area contributed by atoms with Crippen molar-refractivity contribution in [3.8, 4) is 11.3 Å². The molecule has 0 aliphatic carbocycles. The van der Waals surface area contributed by atoms with Crippen LogP contribution in [0.1, 0.15) is 0 Å². The summed E-state index contributed by atoms with van der Waals surface area (Å²) in [5.41, 5.74) is 7.62. The predicted octanol–water partition coefficient (Wildman–Crippen LogP) is 1.02. The fourth-order valence-electron chi connectivity index (χ4n) is 1.19. The molecule has 0 fully saturated rings. The Morgan fingerprint density at radius 2 is 1.86 bits per heavy atom. The third-order valence-electron chi connectivity index (χ3n) is 1.87. The third-order valence-corrected chi connectivity index (χ3v) is 1.87. The van der Waals surface area contributed by atoms with Crippen LogP contribution >= 0.6 is 0 Å². The quantitative estimate of drug-likeness (QED) is 0.654. The van der Waals surface area contributed by atoms with Crippen LogP contribution < -0.4 is 11.3 Å². The maximum Gasteiger partial charge on any atom is 0.266 e. The Labute approximate surface area is 80.4 Å². The Morgan fingerprint density at radius 1 is 1.14 bits per heavy atom. The van der Waals surface area contributed by atoms with Crippen LogP contribution in [0, 0.1) is 0 Å². The summed E-state index contributed by atoms with van der Waals surface area (Å²) in [7, 11) is 0. The number of hydrogen-bond donors (Lipinski definition) is 2. The highest BCUT2D eigenvalue weighted by Crippen LogP contribution is 2.15. The lowest BCUT2D eigenvalue weighted by molar-refractivity contribution is 1.14. The van der Waals surface area contributed by atoms with Gasteiger partial charge in [-0.2, -0.15) is 0 Å². The number of aromatic amines is 1. The van der Waals surface area contributed by atoms with Crippen LogP contribution in [0.25, 0.3) is 11.3 Å². The Morgan fingerprint density at radius 3 is 2.50 bits per heavy atom. The van der Waals surface area contributed by atoms with Crippen molar-refractivity contribution in [3.05, 3.63) is 47.0 Å². The fraction of sp³-hybridized carbons (Fsp3) is 0. The van der Waals surface area contributed by atoms with Crippen molar-refractivity contribution in [2.45, 2.75) is 0 Å². The van der Waals surface area contributed by atoms with Crippen molar-refractivity contribution in [3.63, 3.8) is 0 Å². The summed E-state index contributed by atoms with van der Waals surface area (Å²) >= 11 is 0. The second kappa shape index (κ2) is 3.33. The average Bonchev–Trinajstić information content (AvgIpc) is 2.19. The van der Waals surface area contributed by atoms with E-state index in [-0.39, 0.29) is 5.56 Å². The predicted molar refractivity (Wildman–Crippen MR) is 54.7 cm³/mol. The number of nitrogen functional groups attached to an aromatic ring is 1. The number of nitrogens with zero attached hydrogens (tertiary/aromatic N) is 1. The van der Waals surface area contributed by atoms with Crippen LogP contribution in [0.15, 0.2) is 41.5 Å². The van der Waals surface area contributed by atoms with E-state index in [2.05, 4.69) is 9.97 Å². The van der Waals surface area contributed by atoms with E-state index in [0.717, 1.165) is 5.56 Å². The van der Waals surface area contributed by atoms with E-state index in [9.17, 15) is 4.79 Å². The van der Waals surface area contributed by atoms with Crippen molar-refractivity contribution in [1.82, 2.24) is 9.97 Å². The largest absolute Gasteiger partial charge is 0.399 e. The highest BCUT2D eigenvalue weighted by atomic mass is 16.1. The lowest BCUT2D eigenvalue weighted by atomic mass is 10.1. The van der Waals surface area contributed by atoms with E-state index in [0.29, 0.717) is 11.4 Å². The fourth-order valence-corrected chi connectivity index (χ4v) is 1.19. The summed E-state index contributed by atoms with van der Waals surface area (Å²) in [4.78, 5) is 17.5. The number of hydrogen-bond acceptors (Lipinski definition) is 3. The van der Waals surface area contributed by atoms with Crippen LogP contribution in [0.3, 0.4) is 0 Å². The van der Waals surface area contributed by atoms with E-state index in [1.807, 2.05) is 12.1 Å². The van der Waals surface area contributed by atoms with Gasteiger partial charge in [-0.1, -0.05) is 12.1 Å². The van der Waals surface area contributed by atoms with Crippen molar-refractivity contribution in [2.75, 3.05) is 5.73 Å². The number of rotatable bonds is 1. The van der Waals surface area contributed by atoms with Crippen LogP contribution in [0.4, 0.5) is 5.69 Å². The van der Waals surface area contributed by atoms with Gasteiger partial charge in [-0.3, -0.25) is 9.78 Å². The van der Waals surface area contributed by atoms with Gasteiger partial charge < -0.3 is 10.7 Å². The minimum absolute atomic E-state index is 0.209. The summed E-state index contributed by atoms with van der Waals surface area (Å²) in [5, 5.41) is 0. The molecule has 1 aromatic carbocycles. The molecular formula is C10H9N3O. The van der Waals surface area contributed by atoms with Crippen LogP contribution in [-0.4, -0.2) is 9.97 Å². The van der Waals surface area contributed by atoms with Gasteiger partial charge >= 0.3 is 0 Å². The Balaban J connectivity index is 2.50. The van der Waals surface area contributed by atoms with Gasteiger partial charge in [-0.05, 0) is 17.7 Å². The van der Waals surface area contributed by atoms with Crippen LogP contribution in [-0.2, 0) is 0 Å². The molecule has 3 N–H and O–H groups in total. The highest BCUT2D eigenvalue weighted by molar-refractivity contribution is 5.60. The monoisotopic (exact) mass is 187 g/mol. The van der Waals surface area contributed by atoms with Gasteiger partial charge in [0.1, 0.15) is 0 Å². The molecule has 4 nitrogen and oxygen atoms in total. The molecule has 2 aromatic rings. The zero-order valence-corrected chi connectivity index (χ0v) is 7.40. The van der Waals surface area contributed by atoms with Gasteiger partial charge in [0.2, 0.25) is 0 Å². The number of benzene rings is 1. The molecule has 4 heteroatoms. The normalized spacial score (nSPS) is 10.0. The smallest absolute Gasteiger partial charge is 0.266 e. The van der Waals surface area contributed by atoms with E-state index < -0.39 is 0 Å². The topological polar surface area (TPSA) is 71.8 Å². The standard InChI is InChI=1S/C10H9N3O/c11-8-3-1-7(2-4-8)9-5-12-6-10(14)13-9/h1-6H,11H2,(H,13,14). The molecule has 0 radical (unpaired) electrons. The molecule has 0 spiro atoms. The van der Waals surface area contributed by atoms with Gasteiger partial charge in [0.15, 0.2) is 0 Å². The maximum absolute atomic E-state index is 11.0. The minimum atomic E-state index is -0.209. The number of nitrogens with two attached hydrogens (primary N) is 1. The second-order valence-corrected chi connectivity index (χ2v) is 2.93. The second-order valence-electron chi connectivity index (χ2n) is 2.93. The molecular weight excluding hydrogens is 178 g/mol. The van der Waals surface area contributed by atoms with Crippen LogP contribution in [0.2, 0.25) is 0 Å². The molecule has 70 valence electrons. The van der Waals surface area contributed by atoms with Gasteiger partial charge in [-0.15, -0.1) is 0 Å². The van der Waals surface area contributed by atoms with E-state index in [1.165, 1.54) is 6.20 Å². The Bertz CT molecular complexity index is 487. The lowest BCUT2D eigenvalue weighted by Gasteiger charge is -2.00. The lowest BCUT2D eigenvalue weighted by Crippen LogP contribution is -2.05. The summed E-state index contributed by atoms with van der Waals surface area (Å²) in [6.07, 6.45) is 2.84. The van der Waals surface area contributed by atoms with E-state index >= 15 is 0 Å². The number of nitrogens with one attached hydrogen (secondary N) is 1. The van der Waals surface area contributed by atoms with Crippen LogP contribution in [0.5, 0.6) is 0 Å². The first kappa shape index (κ1) is 8.50. The zero-order chi connectivity index (χ0) is 9.97. The summed E-state index contributed by atoms with van der Waals surface area (Å²) in [5.74, 6) is 0. The Hall–Kier alpha value is -2.10. The van der Waals surface area contributed by atoms with Crippen molar-refractivity contribution in [2.24, 2.45) is 0 Å². The first-order valence-corrected chi connectivity index (χ1v) is 4.16. The molecule has 2 rings (SSSR count). The van der Waals surface area contributed by atoms with Gasteiger partial charge in [0.05, 0.1) is 18.1 Å². The molecule has 0 unspecified atom stereocenters. The maximum atomic E-state index is 11.0. The molecule has 0 saturated carbocycles. The molecule has 0 atom stereocenters. The van der Waals surface area contributed by atoms with E-state index in [1.54, 1.807) is 18.3 Å². The number of aromatic nitrogens is 2. The van der Waals surface area contributed by atoms with E-state index in [4.69, 9.17) is 5.73 Å². The highest BCUT2D eigenvalue weighted by Gasteiger charge is 1.97. The third kappa shape index (κ3) is 1.64. The number of H-pyrrole nitrogens is 1. The number of anilines is 1. The van der Waals surface area contributed by atoms with Gasteiger partial charge in [-0.25, -0.2) is 0 Å². The Kier molecular flexibility index (Phi) is 2.02. The summed E-state index contributed by atoms with van der Waals surface area (Å²) < 4.78 is 0. The molecule has 0 aliphatic heterocycles. The minimum Gasteiger partial charge on any atom is -0.399 e. The average molecular weight is 187 g/mol. The first-order chi connectivity index (χ1) is 6.75.